The van der Waals surface area contributed by atoms with Gasteiger partial charge < -0.3 is 9.47 Å². The first-order valence-electron chi connectivity index (χ1n) is 7.84. The van der Waals surface area contributed by atoms with Crippen molar-refractivity contribution in [3.63, 3.8) is 0 Å². The fourth-order valence-corrected chi connectivity index (χ4v) is 2.42. The minimum absolute atomic E-state index is 0.248. The van der Waals surface area contributed by atoms with E-state index < -0.39 is 0 Å². The Labute approximate surface area is 136 Å². The van der Waals surface area contributed by atoms with Crippen LogP contribution in [0.2, 0.25) is 0 Å². The topological polar surface area (TPSA) is 18.5 Å². The molecule has 0 saturated carbocycles. The van der Waals surface area contributed by atoms with Crippen molar-refractivity contribution in [2.45, 2.75) is 39.4 Å². The zero-order valence-electron chi connectivity index (χ0n) is 13.4. The molecule has 1 atom stereocenters. The number of benzene rings is 2. The van der Waals surface area contributed by atoms with Crippen LogP contribution >= 0.6 is 9.24 Å². The van der Waals surface area contributed by atoms with Gasteiger partial charge in [0.1, 0.15) is 11.5 Å². The van der Waals surface area contributed by atoms with Gasteiger partial charge in [-0.1, -0.05) is 35.4 Å². The Balaban J connectivity index is 2.01. The van der Waals surface area contributed by atoms with Gasteiger partial charge in [-0.15, -0.1) is 9.24 Å². The van der Waals surface area contributed by atoms with E-state index in [1.54, 1.807) is 0 Å². The zero-order chi connectivity index (χ0) is 15.8. The molecule has 1 unspecified atom stereocenters. The molecule has 0 aliphatic rings. The predicted octanol–water partition coefficient (Wildman–Crippen LogP) is 5.13. The molecule has 0 aliphatic heterocycles. The summed E-state index contributed by atoms with van der Waals surface area (Å²) in [6.07, 6.45) is 4.00. The van der Waals surface area contributed by atoms with Crippen molar-refractivity contribution in [3.8, 4) is 11.5 Å². The molecule has 118 valence electrons. The normalized spacial score (nSPS) is 10.7. The van der Waals surface area contributed by atoms with E-state index in [1.165, 1.54) is 11.1 Å². The second-order valence-corrected chi connectivity index (χ2v) is 6.15. The van der Waals surface area contributed by atoms with Gasteiger partial charge in [-0.2, -0.15) is 0 Å². The Bertz CT molecular complexity index is 501. The van der Waals surface area contributed by atoms with Crippen LogP contribution in [0.25, 0.3) is 0 Å². The van der Waals surface area contributed by atoms with Crippen molar-refractivity contribution in [1.29, 1.82) is 0 Å². The van der Waals surface area contributed by atoms with Crippen LogP contribution in [0.15, 0.2) is 48.5 Å². The van der Waals surface area contributed by atoms with Crippen LogP contribution in [-0.2, 0) is 0 Å². The molecule has 0 radical (unpaired) electrons. The summed E-state index contributed by atoms with van der Waals surface area (Å²) in [5.41, 5.74) is 2.46. The third kappa shape index (κ3) is 5.69. The molecule has 0 N–H and O–H groups in total. The molecule has 2 aromatic carbocycles. The van der Waals surface area contributed by atoms with Crippen LogP contribution in [0.1, 0.15) is 30.4 Å². The van der Waals surface area contributed by atoms with Crippen molar-refractivity contribution < 1.29 is 9.47 Å². The van der Waals surface area contributed by atoms with Gasteiger partial charge in [-0.05, 0) is 57.1 Å². The van der Waals surface area contributed by atoms with Crippen LogP contribution in [0, 0.1) is 13.8 Å². The fourth-order valence-electron chi connectivity index (χ4n) is 2.13. The molecule has 0 aromatic heterocycles. The maximum atomic E-state index is 6.02. The average molecular weight is 316 g/mol. The monoisotopic (exact) mass is 316 g/mol. The van der Waals surface area contributed by atoms with Crippen LogP contribution in [0.4, 0.5) is 0 Å². The second kappa shape index (κ2) is 8.80. The van der Waals surface area contributed by atoms with Gasteiger partial charge in [0.15, 0.2) is 0 Å². The molecule has 2 aromatic rings. The molecule has 22 heavy (non-hydrogen) atoms. The molecule has 2 rings (SSSR count). The molecular weight excluding hydrogens is 291 g/mol. The largest absolute Gasteiger partial charge is 0.455 e. The fraction of sp³-hybridized carbons (Fsp3) is 0.368. The van der Waals surface area contributed by atoms with Gasteiger partial charge >= 0.3 is 0 Å². The van der Waals surface area contributed by atoms with E-state index in [-0.39, 0.29) is 6.29 Å². The molecule has 0 aliphatic carbocycles. The predicted molar refractivity (Wildman–Crippen MR) is 95.8 cm³/mol. The summed E-state index contributed by atoms with van der Waals surface area (Å²) in [5.74, 6) is 1.71. The number of rotatable bonds is 8. The van der Waals surface area contributed by atoms with Crippen LogP contribution in [0.5, 0.6) is 11.5 Å². The van der Waals surface area contributed by atoms with Crippen molar-refractivity contribution >= 4 is 9.24 Å². The summed E-state index contributed by atoms with van der Waals surface area (Å²) in [6.45, 7) is 4.14. The maximum absolute atomic E-state index is 6.02. The third-order valence-electron chi connectivity index (χ3n) is 3.47. The van der Waals surface area contributed by atoms with Gasteiger partial charge in [0.2, 0.25) is 6.29 Å². The third-order valence-corrected chi connectivity index (χ3v) is 3.88. The maximum Gasteiger partial charge on any atom is 0.241 e. The lowest BCUT2D eigenvalue weighted by Gasteiger charge is -2.21. The first kappa shape index (κ1) is 16.8. The number of aryl methyl sites for hydroxylation is 2. The van der Waals surface area contributed by atoms with Crippen molar-refractivity contribution in [2.24, 2.45) is 0 Å². The summed E-state index contributed by atoms with van der Waals surface area (Å²) < 4.78 is 12.0. The molecule has 3 heteroatoms. The number of ether oxygens (including phenoxy) is 2. The van der Waals surface area contributed by atoms with Gasteiger partial charge in [0.25, 0.3) is 0 Å². The summed E-state index contributed by atoms with van der Waals surface area (Å²) in [7, 11) is 2.77. The molecule has 0 heterocycles. The zero-order valence-corrected chi connectivity index (χ0v) is 14.6. The van der Waals surface area contributed by atoms with Gasteiger partial charge in [0.05, 0.1) is 0 Å². The lowest BCUT2D eigenvalue weighted by molar-refractivity contribution is -0.00207. The van der Waals surface area contributed by atoms with E-state index in [0.717, 1.165) is 36.9 Å². The van der Waals surface area contributed by atoms with E-state index >= 15 is 0 Å². The minimum Gasteiger partial charge on any atom is -0.455 e. The Morgan fingerprint density at radius 3 is 1.64 bits per heavy atom. The molecule has 0 saturated heterocycles. The summed E-state index contributed by atoms with van der Waals surface area (Å²) in [5, 5.41) is 0. The van der Waals surface area contributed by atoms with Crippen LogP contribution < -0.4 is 9.47 Å². The van der Waals surface area contributed by atoms with Crippen molar-refractivity contribution in [1.82, 2.24) is 0 Å². The Morgan fingerprint density at radius 1 is 0.773 bits per heavy atom. The Kier molecular flexibility index (Phi) is 6.74. The van der Waals surface area contributed by atoms with Crippen LogP contribution in [-0.4, -0.2) is 12.5 Å². The molecule has 0 bridgehead atoms. The first-order chi connectivity index (χ1) is 10.7. The van der Waals surface area contributed by atoms with Crippen molar-refractivity contribution in [3.05, 3.63) is 59.7 Å². The smallest absolute Gasteiger partial charge is 0.241 e. The van der Waals surface area contributed by atoms with Gasteiger partial charge in [-0.3, -0.25) is 0 Å². The molecule has 0 spiro atoms. The Hall–Kier alpha value is -1.53. The number of unbranched alkanes of at least 4 members (excludes halogenated alkanes) is 1. The Morgan fingerprint density at radius 2 is 1.23 bits per heavy atom. The van der Waals surface area contributed by atoms with Crippen LogP contribution in [0.3, 0.4) is 0 Å². The van der Waals surface area contributed by atoms with Crippen molar-refractivity contribution in [2.75, 3.05) is 6.16 Å². The van der Waals surface area contributed by atoms with Gasteiger partial charge in [0, 0.05) is 6.42 Å². The van der Waals surface area contributed by atoms with E-state index in [0.29, 0.717) is 0 Å². The number of hydrogen-bond acceptors (Lipinski definition) is 2. The van der Waals surface area contributed by atoms with E-state index in [4.69, 9.17) is 9.47 Å². The highest BCUT2D eigenvalue weighted by Crippen LogP contribution is 2.20. The van der Waals surface area contributed by atoms with E-state index in [1.807, 2.05) is 24.3 Å². The lowest BCUT2D eigenvalue weighted by Crippen LogP contribution is -2.24. The highest BCUT2D eigenvalue weighted by Gasteiger charge is 2.12. The SMILES string of the molecule is Cc1ccc(OC(CCCCP)Oc2ccc(C)cc2)cc1. The molecule has 0 fully saturated rings. The summed E-state index contributed by atoms with van der Waals surface area (Å²) in [6, 6.07) is 16.2. The molecular formula is C19H25O2P. The molecule has 0 amide bonds. The summed E-state index contributed by atoms with van der Waals surface area (Å²) in [4.78, 5) is 0. The summed E-state index contributed by atoms with van der Waals surface area (Å²) >= 11 is 0. The second-order valence-electron chi connectivity index (χ2n) is 5.58. The number of hydrogen-bond donors (Lipinski definition) is 0. The first-order valence-corrected chi connectivity index (χ1v) is 8.66. The highest BCUT2D eigenvalue weighted by molar-refractivity contribution is 7.16. The van der Waals surface area contributed by atoms with Gasteiger partial charge in [-0.25, -0.2) is 0 Å². The standard InChI is InChI=1S/C19H25O2P/c1-15-6-10-17(11-7-15)20-19(5-3-4-14-22)21-18-12-8-16(2)9-13-18/h6-13,19H,3-5,14,22H2,1-2H3. The van der Waals surface area contributed by atoms with E-state index in [2.05, 4.69) is 47.4 Å². The minimum atomic E-state index is -0.248. The highest BCUT2D eigenvalue weighted by atomic mass is 31.0. The quantitative estimate of drug-likeness (QED) is 0.382. The average Bonchev–Trinajstić information content (AvgIpc) is 2.52. The molecule has 2 nitrogen and oxygen atoms in total. The lowest BCUT2D eigenvalue weighted by atomic mass is 10.2. The van der Waals surface area contributed by atoms with E-state index in [9.17, 15) is 0 Å².